The molecule has 0 aliphatic carbocycles. The Morgan fingerprint density at radius 2 is 1.96 bits per heavy atom. The SMILES string of the molecule is COc1ccc(OC)c([C@@H]2CCCN2C(=O)[C@H](C)N2CCOCC2)c1. The molecule has 2 aliphatic rings. The number of nitrogens with zero attached hydrogens (tertiary/aromatic N) is 2. The van der Waals surface area contributed by atoms with Gasteiger partial charge in [-0.3, -0.25) is 9.69 Å². The first-order chi connectivity index (χ1) is 12.2. The van der Waals surface area contributed by atoms with E-state index in [0.717, 1.165) is 49.5 Å². The molecule has 2 atom stereocenters. The standard InChI is InChI=1S/C19H28N2O4/c1-14(20-9-11-25-12-10-20)19(22)21-8-4-5-17(21)16-13-15(23-2)6-7-18(16)24-3/h6-7,13-14,17H,4-5,8-12H2,1-3H3/t14-,17-/m0/s1. The van der Waals surface area contributed by atoms with Gasteiger partial charge in [-0.05, 0) is 38.0 Å². The van der Waals surface area contributed by atoms with E-state index in [1.165, 1.54) is 0 Å². The molecule has 0 radical (unpaired) electrons. The summed E-state index contributed by atoms with van der Waals surface area (Å²) in [6, 6.07) is 5.72. The Hall–Kier alpha value is -1.79. The van der Waals surface area contributed by atoms with Gasteiger partial charge in [-0.2, -0.15) is 0 Å². The molecular formula is C19H28N2O4. The topological polar surface area (TPSA) is 51.2 Å². The minimum Gasteiger partial charge on any atom is -0.497 e. The molecule has 0 spiro atoms. The molecule has 1 aromatic carbocycles. The first-order valence-corrected chi connectivity index (χ1v) is 9.00. The summed E-state index contributed by atoms with van der Waals surface area (Å²) >= 11 is 0. The minimum atomic E-state index is -0.124. The average Bonchev–Trinajstić information content (AvgIpc) is 3.16. The second-order valence-electron chi connectivity index (χ2n) is 6.62. The van der Waals surface area contributed by atoms with Crippen molar-refractivity contribution in [3.63, 3.8) is 0 Å². The number of carbonyl (C=O) groups is 1. The molecule has 1 amide bonds. The lowest BCUT2D eigenvalue weighted by Gasteiger charge is -2.35. The van der Waals surface area contributed by atoms with Crippen molar-refractivity contribution in [2.45, 2.75) is 31.8 Å². The molecule has 0 unspecified atom stereocenters. The van der Waals surface area contributed by atoms with Crippen LogP contribution in [0.25, 0.3) is 0 Å². The Morgan fingerprint density at radius 3 is 2.64 bits per heavy atom. The maximum absolute atomic E-state index is 13.2. The summed E-state index contributed by atoms with van der Waals surface area (Å²) in [5, 5.41) is 0. The van der Waals surface area contributed by atoms with E-state index in [1.807, 2.05) is 30.0 Å². The molecule has 138 valence electrons. The number of morpholine rings is 1. The summed E-state index contributed by atoms with van der Waals surface area (Å²) in [4.78, 5) is 17.4. The second-order valence-corrected chi connectivity index (χ2v) is 6.62. The summed E-state index contributed by atoms with van der Waals surface area (Å²) in [6.07, 6.45) is 1.96. The summed E-state index contributed by atoms with van der Waals surface area (Å²) in [5.74, 6) is 1.79. The first kappa shape index (κ1) is 18.0. The van der Waals surface area contributed by atoms with Crippen LogP contribution in [0.2, 0.25) is 0 Å². The lowest BCUT2D eigenvalue weighted by molar-refractivity contribution is -0.139. The van der Waals surface area contributed by atoms with Crippen LogP contribution in [0.3, 0.4) is 0 Å². The highest BCUT2D eigenvalue weighted by Crippen LogP contribution is 2.39. The van der Waals surface area contributed by atoms with Crippen LogP contribution in [0.1, 0.15) is 31.4 Å². The number of rotatable bonds is 5. The van der Waals surface area contributed by atoms with Crippen molar-refractivity contribution in [2.75, 3.05) is 47.1 Å². The van der Waals surface area contributed by atoms with E-state index < -0.39 is 0 Å². The number of carbonyl (C=O) groups excluding carboxylic acids is 1. The summed E-state index contributed by atoms with van der Waals surface area (Å²) in [7, 11) is 3.33. The van der Waals surface area contributed by atoms with Crippen molar-refractivity contribution in [2.24, 2.45) is 0 Å². The van der Waals surface area contributed by atoms with Crippen LogP contribution in [0.4, 0.5) is 0 Å². The first-order valence-electron chi connectivity index (χ1n) is 9.00. The fraction of sp³-hybridized carbons (Fsp3) is 0.632. The third kappa shape index (κ3) is 3.75. The third-order valence-electron chi connectivity index (χ3n) is 5.28. The zero-order chi connectivity index (χ0) is 17.8. The Morgan fingerprint density at radius 1 is 1.20 bits per heavy atom. The number of amides is 1. The number of benzene rings is 1. The molecule has 0 N–H and O–H groups in total. The Balaban J connectivity index is 1.81. The average molecular weight is 348 g/mol. The molecule has 2 saturated heterocycles. The highest BCUT2D eigenvalue weighted by atomic mass is 16.5. The van der Waals surface area contributed by atoms with Gasteiger partial charge in [-0.1, -0.05) is 0 Å². The zero-order valence-corrected chi connectivity index (χ0v) is 15.4. The highest BCUT2D eigenvalue weighted by molar-refractivity contribution is 5.82. The van der Waals surface area contributed by atoms with E-state index >= 15 is 0 Å². The van der Waals surface area contributed by atoms with Crippen molar-refractivity contribution >= 4 is 5.91 Å². The maximum atomic E-state index is 13.2. The maximum Gasteiger partial charge on any atom is 0.240 e. The fourth-order valence-corrected chi connectivity index (χ4v) is 3.81. The normalized spacial score (nSPS) is 22.7. The van der Waals surface area contributed by atoms with Gasteiger partial charge in [-0.15, -0.1) is 0 Å². The molecule has 2 heterocycles. The van der Waals surface area contributed by atoms with Crippen LogP contribution in [0.15, 0.2) is 18.2 Å². The molecule has 0 aromatic heterocycles. The Bertz CT molecular complexity index is 601. The second kappa shape index (κ2) is 8.06. The van der Waals surface area contributed by atoms with E-state index in [0.29, 0.717) is 13.2 Å². The molecule has 2 fully saturated rings. The van der Waals surface area contributed by atoms with Crippen molar-refractivity contribution in [1.82, 2.24) is 9.80 Å². The fourth-order valence-electron chi connectivity index (χ4n) is 3.81. The lowest BCUT2D eigenvalue weighted by Crippen LogP contribution is -2.50. The number of methoxy groups -OCH3 is 2. The lowest BCUT2D eigenvalue weighted by atomic mass is 10.0. The van der Waals surface area contributed by atoms with Crippen LogP contribution < -0.4 is 9.47 Å². The van der Waals surface area contributed by atoms with Crippen LogP contribution in [0.5, 0.6) is 11.5 Å². The van der Waals surface area contributed by atoms with Gasteiger partial charge >= 0.3 is 0 Å². The van der Waals surface area contributed by atoms with E-state index in [-0.39, 0.29) is 18.0 Å². The van der Waals surface area contributed by atoms with Gasteiger partial charge < -0.3 is 19.1 Å². The summed E-state index contributed by atoms with van der Waals surface area (Å²) in [5.41, 5.74) is 1.03. The largest absolute Gasteiger partial charge is 0.497 e. The molecule has 6 heteroatoms. The molecule has 2 aliphatic heterocycles. The van der Waals surface area contributed by atoms with E-state index in [4.69, 9.17) is 14.2 Å². The Kier molecular flexibility index (Phi) is 5.81. The molecule has 0 saturated carbocycles. The van der Waals surface area contributed by atoms with Crippen molar-refractivity contribution in [1.29, 1.82) is 0 Å². The van der Waals surface area contributed by atoms with Gasteiger partial charge in [0.15, 0.2) is 0 Å². The van der Waals surface area contributed by atoms with Crippen LogP contribution in [0, 0.1) is 0 Å². The van der Waals surface area contributed by atoms with Gasteiger partial charge in [0, 0.05) is 25.2 Å². The van der Waals surface area contributed by atoms with Crippen molar-refractivity contribution in [3.05, 3.63) is 23.8 Å². The predicted molar refractivity (Wildman–Crippen MR) is 95.1 cm³/mol. The third-order valence-corrected chi connectivity index (χ3v) is 5.28. The van der Waals surface area contributed by atoms with E-state index in [9.17, 15) is 4.79 Å². The monoisotopic (exact) mass is 348 g/mol. The van der Waals surface area contributed by atoms with Crippen LogP contribution in [-0.2, 0) is 9.53 Å². The molecule has 6 nitrogen and oxygen atoms in total. The minimum absolute atomic E-state index is 0.0426. The predicted octanol–water partition coefficient (Wildman–Crippen LogP) is 2.09. The quantitative estimate of drug-likeness (QED) is 0.816. The molecule has 25 heavy (non-hydrogen) atoms. The number of hydrogen-bond donors (Lipinski definition) is 0. The van der Waals surface area contributed by atoms with E-state index in [1.54, 1.807) is 14.2 Å². The molecule has 1 aromatic rings. The zero-order valence-electron chi connectivity index (χ0n) is 15.4. The summed E-state index contributed by atoms with van der Waals surface area (Å²) < 4.78 is 16.3. The van der Waals surface area contributed by atoms with Crippen LogP contribution in [-0.4, -0.2) is 68.8 Å². The highest BCUT2D eigenvalue weighted by Gasteiger charge is 2.36. The van der Waals surface area contributed by atoms with Gasteiger partial charge in [0.2, 0.25) is 5.91 Å². The van der Waals surface area contributed by atoms with E-state index in [2.05, 4.69) is 4.90 Å². The van der Waals surface area contributed by atoms with Crippen molar-refractivity contribution < 1.29 is 19.0 Å². The van der Waals surface area contributed by atoms with Crippen LogP contribution >= 0.6 is 0 Å². The number of ether oxygens (including phenoxy) is 3. The summed E-state index contributed by atoms with van der Waals surface area (Å²) in [6.45, 7) is 5.82. The van der Waals surface area contributed by atoms with Gasteiger partial charge in [0.05, 0.1) is 39.5 Å². The number of likely N-dealkylation sites (tertiary alicyclic amines) is 1. The van der Waals surface area contributed by atoms with Gasteiger partial charge in [0.25, 0.3) is 0 Å². The van der Waals surface area contributed by atoms with Gasteiger partial charge in [0.1, 0.15) is 11.5 Å². The molecular weight excluding hydrogens is 320 g/mol. The Labute approximate surface area is 149 Å². The van der Waals surface area contributed by atoms with Crippen molar-refractivity contribution in [3.8, 4) is 11.5 Å². The van der Waals surface area contributed by atoms with Gasteiger partial charge in [-0.25, -0.2) is 0 Å². The smallest absolute Gasteiger partial charge is 0.240 e. The molecule has 3 rings (SSSR count). The molecule has 0 bridgehead atoms. The number of hydrogen-bond acceptors (Lipinski definition) is 5.